The molecule has 0 spiro atoms. The highest BCUT2D eigenvalue weighted by atomic mass is 16.5. The molecular formula is C23H31N3O2. The fourth-order valence-electron chi connectivity index (χ4n) is 3.76. The second-order valence-electron chi connectivity index (χ2n) is 7.39. The molecule has 1 aliphatic rings. The summed E-state index contributed by atoms with van der Waals surface area (Å²) in [4.78, 5) is 4.41. The van der Waals surface area contributed by atoms with Gasteiger partial charge < -0.3 is 20.1 Å². The quantitative estimate of drug-likeness (QED) is 0.595. The highest BCUT2D eigenvalue weighted by molar-refractivity contribution is 5.79. The second-order valence-corrected chi connectivity index (χ2v) is 7.39. The summed E-state index contributed by atoms with van der Waals surface area (Å²) >= 11 is 0. The van der Waals surface area contributed by atoms with Gasteiger partial charge in [-0.15, -0.1) is 0 Å². The molecule has 5 heteroatoms. The predicted molar refractivity (Wildman–Crippen MR) is 114 cm³/mol. The molecule has 0 aliphatic carbocycles. The minimum Gasteiger partial charge on any atom is -0.497 e. The molecule has 1 fully saturated rings. The van der Waals surface area contributed by atoms with Crippen LogP contribution in [0.4, 0.5) is 0 Å². The first-order valence-electron chi connectivity index (χ1n) is 9.87. The van der Waals surface area contributed by atoms with Gasteiger partial charge in [-0.25, -0.2) is 0 Å². The van der Waals surface area contributed by atoms with Crippen LogP contribution in [0.3, 0.4) is 0 Å². The molecular weight excluding hydrogens is 350 g/mol. The Balaban J connectivity index is 1.66. The minimum atomic E-state index is 0.0332. The maximum Gasteiger partial charge on any atom is 0.191 e. The highest BCUT2D eigenvalue weighted by Gasteiger charge is 2.34. The van der Waals surface area contributed by atoms with Gasteiger partial charge in [0.25, 0.3) is 0 Å². The van der Waals surface area contributed by atoms with E-state index in [-0.39, 0.29) is 5.41 Å². The first kappa shape index (κ1) is 20.2. The molecule has 0 unspecified atom stereocenters. The fourth-order valence-corrected chi connectivity index (χ4v) is 3.76. The minimum absolute atomic E-state index is 0.0332. The Labute approximate surface area is 168 Å². The van der Waals surface area contributed by atoms with Crippen LogP contribution < -0.4 is 15.4 Å². The number of aliphatic imine (C=N–C) groups is 1. The highest BCUT2D eigenvalue weighted by Crippen LogP contribution is 2.35. The van der Waals surface area contributed by atoms with Crippen LogP contribution in [0.25, 0.3) is 0 Å². The molecule has 0 amide bonds. The third kappa shape index (κ3) is 5.04. The number of nitrogens with zero attached hydrogens (tertiary/aromatic N) is 1. The van der Waals surface area contributed by atoms with E-state index in [0.717, 1.165) is 50.9 Å². The summed E-state index contributed by atoms with van der Waals surface area (Å²) in [5.41, 5.74) is 3.87. The Hall–Kier alpha value is -2.53. The summed E-state index contributed by atoms with van der Waals surface area (Å²) < 4.78 is 11.0. The number of rotatable bonds is 6. The third-order valence-electron chi connectivity index (χ3n) is 5.51. The molecule has 2 N–H and O–H groups in total. The van der Waals surface area contributed by atoms with E-state index in [0.29, 0.717) is 0 Å². The first-order chi connectivity index (χ1) is 13.6. The molecule has 0 atom stereocenters. The molecule has 5 nitrogen and oxygen atoms in total. The van der Waals surface area contributed by atoms with E-state index in [4.69, 9.17) is 9.47 Å². The van der Waals surface area contributed by atoms with E-state index in [2.05, 4.69) is 58.9 Å². The van der Waals surface area contributed by atoms with Crippen molar-refractivity contribution in [2.24, 2.45) is 4.99 Å². The summed E-state index contributed by atoms with van der Waals surface area (Å²) in [5.74, 6) is 1.70. The van der Waals surface area contributed by atoms with Crippen molar-refractivity contribution in [3.63, 3.8) is 0 Å². The number of ether oxygens (including phenoxy) is 2. The lowest BCUT2D eigenvalue weighted by Crippen LogP contribution is -2.47. The van der Waals surface area contributed by atoms with Gasteiger partial charge in [-0.3, -0.25) is 4.99 Å². The normalized spacial score (nSPS) is 16.5. The monoisotopic (exact) mass is 381 g/mol. The average Bonchev–Trinajstić information content (AvgIpc) is 2.74. The van der Waals surface area contributed by atoms with Crippen LogP contribution in [0.15, 0.2) is 53.5 Å². The lowest BCUT2D eigenvalue weighted by molar-refractivity contribution is 0.0513. The average molecular weight is 382 g/mol. The van der Waals surface area contributed by atoms with Crippen molar-refractivity contribution in [2.45, 2.75) is 31.7 Å². The zero-order valence-corrected chi connectivity index (χ0v) is 17.1. The van der Waals surface area contributed by atoms with Gasteiger partial charge in [0.15, 0.2) is 5.96 Å². The zero-order chi connectivity index (χ0) is 19.8. The van der Waals surface area contributed by atoms with Crippen molar-refractivity contribution in [1.82, 2.24) is 10.6 Å². The topological polar surface area (TPSA) is 54.9 Å². The Bertz CT molecular complexity index is 781. The Morgan fingerprint density at radius 2 is 1.86 bits per heavy atom. The number of aryl methyl sites for hydroxylation is 1. The number of hydrogen-bond acceptors (Lipinski definition) is 3. The number of nitrogens with one attached hydrogen (secondary N) is 2. The Morgan fingerprint density at radius 3 is 2.50 bits per heavy atom. The number of guanidine groups is 1. The van der Waals surface area contributed by atoms with Gasteiger partial charge in [-0.2, -0.15) is 0 Å². The Morgan fingerprint density at radius 1 is 1.11 bits per heavy atom. The maximum absolute atomic E-state index is 5.64. The van der Waals surface area contributed by atoms with Crippen LogP contribution >= 0.6 is 0 Å². The molecule has 0 bridgehead atoms. The Kier molecular flexibility index (Phi) is 6.93. The van der Waals surface area contributed by atoms with Gasteiger partial charge in [0, 0.05) is 38.8 Å². The van der Waals surface area contributed by atoms with Crippen LogP contribution in [-0.2, 0) is 16.7 Å². The van der Waals surface area contributed by atoms with Crippen molar-refractivity contribution < 1.29 is 9.47 Å². The van der Waals surface area contributed by atoms with Gasteiger partial charge >= 0.3 is 0 Å². The van der Waals surface area contributed by atoms with Gasteiger partial charge in [-0.1, -0.05) is 42.0 Å². The first-order valence-corrected chi connectivity index (χ1v) is 9.87. The van der Waals surface area contributed by atoms with Gasteiger partial charge in [0.05, 0.1) is 7.11 Å². The van der Waals surface area contributed by atoms with E-state index >= 15 is 0 Å². The van der Waals surface area contributed by atoms with E-state index in [1.807, 2.05) is 19.2 Å². The standard InChI is InChI=1S/C23H31N3O2/c1-18-5-4-6-19(15-18)16-25-22(24-2)26-17-23(11-13-28-14-12-23)20-7-9-21(27-3)10-8-20/h4-10,15H,11-14,16-17H2,1-3H3,(H2,24,25,26). The smallest absolute Gasteiger partial charge is 0.191 e. The van der Waals surface area contributed by atoms with Crippen LogP contribution in [-0.4, -0.2) is 39.9 Å². The van der Waals surface area contributed by atoms with E-state index in [1.165, 1.54) is 16.7 Å². The summed E-state index contributed by atoms with van der Waals surface area (Å²) in [7, 11) is 3.51. The van der Waals surface area contributed by atoms with Crippen molar-refractivity contribution in [3.8, 4) is 5.75 Å². The number of methoxy groups -OCH3 is 1. The lowest BCUT2D eigenvalue weighted by atomic mass is 9.74. The molecule has 0 aromatic heterocycles. The lowest BCUT2D eigenvalue weighted by Gasteiger charge is -2.38. The molecule has 150 valence electrons. The zero-order valence-electron chi connectivity index (χ0n) is 17.1. The van der Waals surface area contributed by atoms with Gasteiger partial charge in [0.2, 0.25) is 0 Å². The maximum atomic E-state index is 5.64. The van der Waals surface area contributed by atoms with Crippen molar-refractivity contribution >= 4 is 5.96 Å². The largest absolute Gasteiger partial charge is 0.497 e. The molecule has 1 aliphatic heterocycles. The predicted octanol–water partition coefficient (Wildman–Crippen LogP) is 3.42. The van der Waals surface area contributed by atoms with Gasteiger partial charge in [0.1, 0.15) is 5.75 Å². The van der Waals surface area contributed by atoms with Crippen molar-refractivity contribution in [3.05, 3.63) is 65.2 Å². The summed E-state index contributed by atoms with van der Waals surface area (Å²) in [6.45, 7) is 5.24. The van der Waals surface area contributed by atoms with Crippen LogP contribution in [0.1, 0.15) is 29.5 Å². The molecule has 28 heavy (non-hydrogen) atoms. The summed E-state index contributed by atoms with van der Waals surface area (Å²) in [6, 6.07) is 16.9. The molecule has 0 saturated carbocycles. The molecule has 2 aromatic rings. The van der Waals surface area contributed by atoms with Crippen LogP contribution in [0, 0.1) is 6.92 Å². The van der Waals surface area contributed by atoms with Gasteiger partial charge in [-0.05, 0) is 43.0 Å². The molecule has 1 saturated heterocycles. The van der Waals surface area contributed by atoms with Crippen molar-refractivity contribution in [1.29, 1.82) is 0 Å². The summed E-state index contributed by atoms with van der Waals surface area (Å²) in [5, 5.41) is 6.97. The fraction of sp³-hybridized carbons (Fsp3) is 0.435. The molecule has 1 heterocycles. The number of benzene rings is 2. The van der Waals surface area contributed by atoms with Crippen molar-refractivity contribution in [2.75, 3.05) is 33.9 Å². The SMILES string of the molecule is CN=C(NCc1cccc(C)c1)NCC1(c2ccc(OC)cc2)CCOCC1. The second kappa shape index (κ2) is 9.60. The number of hydrogen-bond donors (Lipinski definition) is 2. The van der Waals surface area contributed by atoms with E-state index in [9.17, 15) is 0 Å². The molecule has 2 aromatic carbocycles. The van der Waals surface area contributed by atoms with E-state index < -0.39 is 0 Å². The van der Waals surface area contributed by atoms with Crippen LogP contribution in [0.2, 0.25) is 0 Å². The van der Waals surface area contributed by atoms with Crippen LogP contribution in [0.5, 0.6) is 5.75 Å². The third-order valence-corrected chi connectivity index (χ3v) is 5.51. The molecule has 3 rings (SSSR count). The van der Waals surface area contributed by atoms with E-state index in [1.54, 1.807) is 7.11 Å². The summed E-state index contributed by atoms with van der Waals surface area (Å²) in [6.07, 6.45) is 1.97. The molecule has 0 radical (unpaired) electrons.